The van der Waals surface area contributed by atoms with E-state index in [4.69, 9.17) is 22.1 Å². The molecule has 1 aromatic heterocycles. The van der Waals surface area contributed by atoms with Crippen LogP contribution in [0.25, 0.3) is 0 Å². The molecule has 4 rings (SSSR count). The third kappa shape index (κ3) is 4.35. The highest BCUT2D eigenvalue weighted by Gasteiger charge is 2.15. The summed E-state index contributed by atoms with van der Waals surface area (Å²) in [4.78, 5) is 16.7. The molecule has 0 bridgehead atoms. The summed E-state index contributed by atoms with van der Waals surface area (Å²) in [5.74, 6) is 0.591. The number of nitrogens with one attached hydrogen (secondary N) is 1. The normalized spacial score (nSPS) is 13.6. The lowest BCUT2D eigenvalue weighted by molar-refractivity contribution is 0.102. The predicted molar refractivity (Wildman–Crippen MR) is 116 cm³/mol. The van der Waals surface area contributed by atoms with Crippen LogP contribution in [0.2, 0.25) is 5.02 Å². The molecule has 29 heavy (non-hydrogen) atoms. The van der Waals surface area contributed by atoms with Crippen molar-refractivity contribution < 1.29 is 9.53 Å². The Morgan fingerprint density at radius 2 is 2.00 bits per heavy atom. The molecule has 2 aromatic carbocycles. The van der Waals surface area contributed by atoms with E-state index in [-0.39, 0.29) is 17.8 Å². The van der Waals surface area contributed by atoms with E-state index in [2.05, 4.69) is 16.4 Å². The first-order valence-electron chi connectivity index (χ1n) is 9.60. The van der Waals surface area contributed by atoms with E-state index in [1.54, 1.807) is 6.07 Å². The molecule has 0 radical (unpaired) electrons. The number of aryl methyl sites for hydroxylation is 2. The second-order valence-corrected chi connectivity index (χ2v) is 7.65. The largest absolute Gasteiger partial charge is 0.482 e. The van der Waals surface area contributed by atoms with Crippen molar-refractivity contribution in [1.29, 1.82) is 0 Å². The molecule has 0 aliphatic heterocycles. The number of hydrogen-bond acceptors (Lipinski definition) is 4. The molecule has 1 amide bonds. The Balaban J connectivity index is 1.48. The highest BCUT2D eigenvalue weighted by Crippen LogP contribution is 2.29. The fraction of sp³-hybridized carbons (Fsp3) is 0.217. The third-order valence-corrected chi connectivity index (χ3v) is 5.33. The maximum atomic E-state index is 12.7. The molecule has 1 atom stereocenters. The van der Waals surface area contributed by atoms with Crippen LogP contribution >= 0.6 is 11.6 Å². The van der Waals surface area contributed by atoms with Crippen molar-refractivity contribution in [2.75, 3.05) is 11.1 Å². The number of pyridine rings is 1. The topological polar surface area (TPSA) is 77.2 Å². The Morgan fingerprint density at radius 1 is 1.17 bits per heavy atom. The van der Waals surface area contributed by atoms with Gasteiger partial charge in [0, 0.05) is 23.5 Å². The monoisotopic (exact) mass is 407 g/mol. The summed E-state index contributed by atoms with van der Waals surface area (Å²) >= 11 is 5.98. The van der Waals surface area contributed by atoms with Gasteiger partial charge in [-0.15, -0.1) is 0 Å². The molecule has 0 fully saturated rings. The summed E-state index contributed by atoms with van der Waals surface area (Å²) in [5, 5.41) is 3.43. The van der Waals surface area contributed by atoms with Gasteiger partial charge in [-0.1, -0.05) is 29.8 Å². The van der Waals surface area contributed by atoms with Crippen LogP contribution in [0.3, 0.4) is 0 Å². The number of nitrogens with two attached hydrogens (primary N) is 1. The third-order valence-electron chi connectivity index (χ3n) is 5.13. The summed E-state index contributed by atoms with van der Waals surface area (Å²) in [6, 6.07) is 15.2. The summed E-state index contributed by atoms with van der Waals surface area (Å²) in [6.45, 7) is 1.90. The number of carbonyl (C=O) groups is 1. The zero-order valence-corrected chi connectivity index (χ0v) is 16.9. The van der Waals surface area contributed by atoms with Crippen LogP contribution in [0, 0.1) is 0 Å². The molecule has 1 aliphatic carbocycles. The Hall–Kier alpha value is -3.05. The fourth-order valence-corrected chi connectivity index (χ4v) is 3.72. The van der Waals surface area contributed by atoms with Crippen LogP contribution in [-0.4, -0.2) is 10.9 Å². The molecule has 3 aromatic rings. The first-order chi connectivity index (χ1) is 14.0. The molecule has 5 nitrogen and oxygen atoms in total. The average molecular weight is 408 g/mol. The molecule has 1 unspecified atom stereocenters. The van der Waals surface area contributed by atoms with Crippen molar-refractivity contribution in [2.24, 2.45) is 0 Å². The van der Waals surface area contributed by atoms with E-state index >= 15 is 0 Å². The van der Waals surface area contributed by atoms with E-state index in [0.29, 0.717) is 22.0 Å². The highest BCUT2D eigenvalue weighted by atomic mass is 35.5. The zero-order chi connectivity index (χ0) is 20.4. The molecule has 3 N–H and O–H groups in total. The molecule has 0 spiro atoms. The van der Waals surface area contributed by atoms with Gasteiger partial charge in [0.2, 0.25) is 0 Å². The van der Waals surface area contributed by atoms with Gasteiger partial charge in [-0.25, -0.2) is 4.98 Å². The van der Waals surface area contributed by atoms with E-state index in [9.17, 15) is 4.79 Å². The van der Waals surface area contributed by atoms with Gasteiger partial charge < -0.3 is 15.8 Å². The minimum absolute atomic E-state index is 0.117. The highest BCUT2D eigenvalue weighted by molar-refractivity contribution is 6.30. The molecule has 6 heteroatoms. The van der Waals surface area contributed by atoms with Crippen molar-refractivity contribution >= 4 is 29.0 Å². The molecule has 1 heterocycles. The summed E-state index contributed by atoms with van der Waals surface area (Å²) < 4.78 is 5.92. The number of nitrogens with zero attached hydrogens (tertiary/aromatic N) is 1. The molecular formula is C23H22ClN3O2. The lowest BCUT2D eigenvalue weighted by Gasteiger charge is -2.17. The minimum atomic E-state index is -0.297. The van der Waals surface area contributed by atoms with Crippen molar-refractivity contribution in [3.05, 3.63) is 82.0 Å². The first-order valence-corrected chi connectivity index (χ1v) is 9.98. The molecule has 1 aliphatic rings. The second kappa shape index (κ2) is 8.13. The molecule has 148 valence electrons. The minimum Gasteiger partial charge on any atom is -0.482 e. The molecule has 0 saturated carbocycles. The van der Waals surface area contributed by atoms with E-state index in [0.717, 1.165) is 24.8 Å². The van der Waals surface area contributed by atoms with Gasteiger partial charge in [0.25, 0.3) is 5.91 Å². The van der Waals surface area contributed by atoms with Crippen LogP contribution in [0.15, 0.2) is 54.7 Å². The number of fused-ring (bicyclic) bond motifs is 1. The van der Waals surface area contributed by atoms with Gasteiger partial charge in [0.05, 0.1) is 5.02 Å². The summed E-state index contributed by atoms with van der Waals surface area (Å²) in [5.41, 5.74) is 10.8. The zero-order valence-electron chi connectivity index (χ0n) is 16.1. The number of carbonyl (C=O) groups excluding carboxylic acids is 1. The van der Waals surface area contributed by atoms with Crippen molar-refractivity contribution in [1.82, 2.24) is 4.98 Å². The Labute approximate surface area is 174 Å². The SMILES string of the molecule is CC(Oc1cc(Cl)cnc1N)c1cccc(NC(=O)c2ccc3c(c2)CCC3)c1. The van der Waals surface area contributed by atoms with Gasteiger partial charge in [-0.3, -0.25) is 4.79 Å². The maximum Gasteiger partial charge on any atom is 0.255 e. The number of ether oxygens (including phenoxy) is 1. The van der Waals surface area contributed by atoms with E-state index < -0.39 is 0 Å². The summed E-state index contributed by atoms with van der Waals surface area (Å²) in [6.07, 6.45) is 4.48. The number of amides is 1. The fourth-order valence-electron chi connectivity index (χ4n) is 3.57. The smallest absolute Gasteiger partial charge is 0.255 e. The maximum absolute atomic E-state index is 12.7. The number of hydrogen-bond donors (Lipinski definition) is 2. The second-order valence-electron chi connectivity index (χ2n) is 7.21. The van der Waals surface area contributed by atoms with Crippen LogP contribution < -0.4 is 15.8 Å². The van der Waals surface area contributed by atoms with Gasteiger partial charge >= 0.3 is 0 Å². The van der Waals surface area contributed by atoms with Gasteiger partial charge in [-0.2, -0.15) is 0 Å². The van der Waals surface area contributed by atoms with Gasteiger partial charge in [0.1, 0.15) is 6.10 Å². The van der Waals surface area contributed by atoms with Gasteiger partial charge in [0.15, 0.2) is 11.6 Å². The number of rotatable bonds is 5. The van der Waals surface area contributed by atoms with Crippen molar-refractivity contribution in [3.8, 4) is 5.75 Å². The number of halogens is 1. The Kier molecular flexibility index (Phi) is 5.41. The molecular weight excluding hydrogens is 386 g/mol. The van der Waals surface area contributed by atoms with Crippen LogP contribution in [0.4, 0.5) is 11.5 Å². The Morgan fingerprint density at radius 3 is 2.86 bits per heavy atom. The van der Waals surface area contributed by atoms with Gasteiger partial charge in [-0.05, 0) is 67.1 Å². The first kappa shape index (κ1) is 19.3. The van der Waals surface area contributed by atoms with Crippen molar-refractivity contribution in [2.45, 2.75) is 32.3 Å². The summed E-state index contributed by atoms with van der Waals surface area (Å²) in [7, 11) is 0. The predicted octanol–water partition coefficient (Wildman–Crippen LogP) is 5.20. The molecule has 0 saturated heterocycles. The standard InChI is InChI=1S/C23H22ClN3O2/c1-14(29-21-12-19(24)13-26-22(21)25)16-5-3-7-20(11-16)27-23(28)18-9-8-15-4-2-6-17(15)10-18/h3,5,7-14H,2,4,6H2,1H3,(H2,25,26)(H,27,28). The van der Waals surface area contributed by atoms with Crippen LogP contribution in [-0.2, 0) is 12.8 Å². The van der Waals surface area contributed by atoms with Crippen LogP contribution in [0.1, 0.15) is 46.5 Å². The quantitative estimate of drug-likeness (QED) is 0.609. The average Bonchev–Trinajstić information content (AvgIpc) is 3.18. The van der Waals surface area contributed by atoms with E-state index in [1.165, 1.54) is 17.3 Å². The number of nitrogen functional groups attached to an aromatic ring is 1. The number of benzene rings is 2. The Bertz CT molecular complexity index is 1070. The number of aromatic nitrogens is 1. The number of anilines is 2. The van der Waals surface area contributed by atoms with E-state index in [1.807, 2.05) is 43.3 Å². The lowest BCUT2D eigenvalue weighted by atomic mass is 10.1. The van der Waals surface area contributed by atoms with Crippen LogP contribution in [0.5, 0.6) is 5.75 Å². The van der Waals surface area contributed by atoms with Crippen molar-refractivity contribution in [3.63, 3.8) is 0 Å². The lowest BCUT2D eigenvalue weighted by Crippen LogP contribution is -2.13.